The Bertz CT molecular complexity index is 603. The summed E-state index contributed by atoms with van der Waals surface area (Å²) in [7, 11) is 0. The number of carbonyl (C=O) groups excluding carboxylic acids is 1. The third-order valence-electron chi connectivity index (χ3n) is 4.01. The van der Waals surface area contributed by atoms with Crippen molar-refractivity contribution in [1.29, 1.82) is 0 Å². The Labute approximate surface area is 129 Å². The monoisotopic (exact) mass is 303 g/mol. The maximum absolute atomic E-state index is 12.7. The van der Waals surface area contributed by atoms with Gasteiger partial charge in [-0.3, -0.25) is 4.79 Å². The van der Waals surface area contributed by atoms with Gasteiger partial charge in [-0.15, -0.1) is 11.3 Å². The van der Waals surface area contributed by atoms with E-state index in [1.165, 1.54) is 4.88 Å². The second kappa shape index (κ2) is 6.02. The van der Waals surface area contributed by atoms with Crippen molar-refractivity contribution in [2.75, 3.05) is 6.54 Å². The number of hydrogen-bond acceptors (Lipinski definition) is 3. The molecular formula is C16H21N3OS. The molecular weight excluding hydrogens is 282 g/mol. The van der Waals surface area contributed by atoms with Crippen molar-refractivity contribution in [3.05, 3.63) is 40.6 Å². The summed E-state index contributed by atoms with van der Waals surface area (Å²) in [5.41, 5.74) is 0. The summed E-state index contributed by atoms with van der Waals surface area (Å²) in [6, 6.07) is 4.47. The lowest BCUT2D eigenvalue weighted by Gasteiger charge is -2.24. The number of rotatable bonds is 4. The quantitative estimate of drug-likeness (QED) is 0.868. The molecule has 0 saturated carbocycles. The molecule has 1 fully saturated rings. The summed E-state index contributed by atoms with van der Waals surface area (Å²) < 4.78 is 1.98. The lowest BCUT2D eigenvalue weighted by atomic mass is 10.2. The predicted octanol–water partition coefficient (Wildman–Crippen LogP) is 3.43. The fraction of sp³-hybridized carbons (Fsp3) is 0.500. The summed E-state index contributed by atoms with van der Waals surface area (Å²) >= 11 is 1.74. The molecule has 0 radical (unpaired) electrons. The van der Waals surface area contributed by atoms with Crippen LogP contribution in [0.2, 0.25) is 0 Å². The van der Waals surface area contributed by atoms with Gasteiger partial charge in [0.2, 0.25) is 5.91 Å². The van der Waals surface area contributed by atoms with E-state index in [4.69, 9.17) is 0 Å². The van der Waals surface area contributed by atoms with Gasteiger partial charge in [-0.05, 0) is 24.3 Å². The average Bonchev–Trinajstić information content (AvgIpc) is 3.19. The van der Waals surface area contributed by atoms with E-state index in [-0.39, 0.29) is 11.9 Å². The number of thiophene rings is 1. The molecule has 5 heteroatoms. The fourth-order valence-corrected chi connectivity index (χ4v) is 3.91. The zero-order chi connectivity index (χ0) is 14.8. The van der Waals surface area contributed by atoms with Crippen LogP contribution in [-0.4, -0.2) is 26.9 Å². The molecule has 0 aromatic carbocycles. The van der Waals surface area contributed by atoms with Crippen molar-refractivity contribution in [1.82, 2.24) is 14.5 Å². The summed E-state index contributed by atoms with van der Waals surface area (Å²) in [5, 5.41) is 2.09. The second-order valence-electron chi connectivity index (χ2n) is 5.83. The Balaban J connectivity index is 1.74. The van der Waals surface area contributed by atoms with Crippen LogP contribution in [0.1, 0.15) is 49.4 Å². The highest BCUT2D eigenvalue weighted by molar-refractivity contribution is 7.10. The van der Waals surface area contributed by atoms with Crippen molar-refractivity contribution in [2.24, 2.45) is 0 Å². The molecule has 1 saturated heterocycles. The van der Waals surface area contributed by atoms with Gasteiger partial charge in [0, 0.05) is 29.7 Å². The van der Waals surface area contributed by atoms with Gasteiger partial charge in [-0.2, -0.15) is 0 Å². The van der Waals surface area contributed by atoms with E-state index in [0.717, 1.165) is 25.2 Å². The lowest BCUT2D eigenvalue weighted by molar-refractivity contribution is -0.132. The Kier molecular flexibility index (Phi) is 4.10. The third kappa shape index (κ3) is 2.88. The number of hydrogen-bond donors (Lipinski definition) is 0. The van der Waals surface area contributed by atoms with Crippen LogP contribution < -0.4 is 0 Å². The molecule has 1 atom stereocenters. The Morgan fingerprint density at radius 1 is 1.52 bits per heavy atom. The number of nitrogens with zero attached hydrogens (tertiary/aromatic N) is 3. The fourth-order valence-electron chi connectivity index (χ4n) is 3.03. The maximum atomic E-state index is 12.7. The molecule has 1 amide bonds. The van der Waals surface area contributed by atoms with Crippen LogP contribution in [0.3, 0.4) is 0 Å². The first-order chi connectivity index (χ1) is 10.2. The van der Waals surface area contributed by atoms with Crippen LogP contribution in [0.25, 0.3) is 0 Å². The van der Waals surface area contributed by atoms with Crippen molar-refractivity contribution in [2.45, 2.75) is 45.2 Å². The summed E-state index contributed by atoms with van der Waals surface area (Å²) in [6.45, 7) is 5.48. The highest BCUT2D eigenvalue weighted by atomic mass is 32.1. The molecule has 0 bridgehead atoms. The van der Waals surface area contributed by atoms with Crippen LogP contribution in [0.5, 0.6) is 0 Å². The predicted molar refractivity (Wildman–Crippen MR) is 84.3 cm³/mol. The van der Waals surface area contributed by atoms with Crippen molar-refractivity contribution >= 4 is 17.2 Å². The molecule has 1 unspecified atom stereocenters. The zero-order valence-electron chi connectivity index (χ0n) is 12.5. The van der Waals surface area contributed by atoms with Gasteiger partial charge in [-0.1, -0.05) is 19.9 Å². The van der Waals surface area contributed by atoms with Gasteiger partial charge in [0.25, 0.3) is 0 Å². The molecule has 4 nitrogen and oxygen atoms in total. The van der Waals surface area contributed by atoms with Gasteiger partial charge in [-0.25, -0.2) is 4.98 Å². The standard InChI is InChI=1S/C16H21N3OS/c1-12(2)16-17-7-9-18(16)11-15(20)19-8-3-5-13(19)14-6-4-10-21-14/h4,6-7,9-10,12-13H,3,5,8,11H2,1-2H3. The van der Waals surface area contributed by atoms with Crippen LogP contribution in [0.4, 0.5) is 0 Å². The second-order valence-corrected chi connectivity index (χ2v) is 6.81. The minimum atomic E-state index is 0.200. The first kappa shape index (κ1) is 14.3. The van der Waals surface area contributed by atoms with Crippen molar-refractivity contribution < 1.29 is 4.79 Å². The topological polar surface area (TPSA) is 38.1 Å². The third-order valence-corrected chi connectivity index (χ3v) is 4.99. The molecule has 112 valence electrons. The highest BCUT2D eigenvalue weighted by Gasteiger charge is 2.30. The maximum Gasteiger partial charge on any atom is 0.243 e. The molecule has 1 aliphatic rings. The molecule has 3 heterocycles. The van der Waals surface area contributed by atoms with Crippen LogP contribution in [0, 0.1) is 0 Å². The Hall–Kier alpha value is -1.62. The van der Waals surface area contributed by atoms with Crippen LogP contribution in [0.15, 0.2) is 29.9 Å². The van der Waals surface area contributed by atoms with E-state index in [1.807, 2.05) is 15.7 Å². The molecule has 3 rings (SSSR count). The van der Waals surface area contributed by atoms with E-state index in [0.29, 0.717) is 12.5 Å². The molecule has 2 aromatic rings. The SMILES string of the molecule is CC(C)c1nccn1CC(=O)N1CCCC1c1cccs1. The average molecular weight is 303 g/mol. The number of likely N-dealkylation sites (tertiary alicyclic amines) is 1. The van der Waals surface area contributed by atoms with E-state index < -0.39 is 0 Å². The minimum Gasteiger partial charge on any atom is -0.333 e. The first-order valence-corrected chi connectivity index (χ1v) is 8.38. The first-order valence-electron chi connectivity index (χ1n) is 7.50. The Morgan fingerprint density at radius 3 is 3.10 bits per heavy atom. The lowest BCUT2D eigenvalue weighted by Crippen LogP contribution is -2.33. The smallest absolute Gasteiger partial charge is 0.243 e. The highest BCUT2D eigenvalue weighted by Crippen LogP contribution is 2.34. The summed E-state index contributed by atoms with van der Waals surface area (Å²) in [4.78, 5) is 20.4. The number of imidazole rings is 1. The molecule has 21 heavy (non-hydrogen) atoms. The Morgan fingerprint density at radius 2 is 2.38 bits per heavy atom. The number of carbonyl (C=O) groups is 1. The molecule has 1 aliphatic heterocycles. The van der Waals surface area contributed by atoms with E-state index in [2.05, 4.69) is 36.3 Å². The van der Waals surface area contributed by atoms with Gasteiger partial charge < -0.3 is 9.47 Å². The van der Waals surface area contributed by atoms with Crippen LogP contribution >= 0.6 is 11.3 Å². The number of aromatic nitrogens is 2. The molecule has 0 aliphatic carbocycles. The van der Waals surface area contributed by atoms with Crippen molar-refractivity contribution in [3.63, 3.8) is 0 Å². The number of amides is 1. The largest absolute Gasteiger partial charge is 0.333 e. The molecule has 0 N–H and O–H groups in total. The van der Waals surface area contributed by atoms with Crippen molar-refractivity contribution in [3.8, 4) is 0 Å². The van der Waals surface area contributed by atoms with Crippen LogP contribution in [-0.2, 0) is 11.3 Å². The van der Waals surface area contributed by atoms with Gasteiger partial charge in [0.05, 0.1) is 6.04 Å². The normalized spacial score (nSPS) is 18.6. The van der Waals surface area contributed by atoms with Gasteiger partial charge in [0.1, 0.15) is 12.4 Å². The summed E-state index contributed by atoms with van der Waals surface area (Å²) in [5.74, 6) is 1.51. The summed E-state index contributed by atoms with van der Waals surface area (Å²) in [6.07, 6.45) is 5.86. The van der Waals surface area contributed by atoms with E-state index in [9.17, 15) is 4.79 Å². The zero-order valence-corrected chi connectivity index (χ0v) is 13.3. The minimum absolute atomic E-state index is 0.200. The van der Waals surface area contributed by atoms with E-state index in [1.54, 1.807) is 17.5 Å². The van der Waals surface area contributed by atoms with Gasteiger partial charge >= 0.3 is 0 Å². The van der Waals surface area contributed by atoms with E-state index >= 15 is 0 Å². The molecule has 2 aromatic heterocycles. The molecule has 0 spiro atoms. The van der Waals surface area contributed by atoms with Gasteiger partial charge in [0.15, 0.2) is 0 Å².